The molecule has 0 unspecified atom stereocenters. The standard InChI is InChI=1S/C20H28N4OS/c1-7-13-24-17(15-9-11-16(12-10-15)20(4,5)6)22-23-19(24)26-14(3)18(25)21-8-2/h7,9-12,14H,1,8,13H2,2-6H3,(H,21,25)/t14-/m1/s1. The molecule has 0 bridgehead atoms. The van der Waals surface area contributed by atoms with Gasteiger partial charge in [0.1, 0.15) is 0 Å². The molecule has 2 rings (SSSR count). The Labute approximate surface area is 160 Å². The molecule has 1 aromatic heterocycles. The number of carbonyl (C=O) groups excluding carboxylic acids is 1. The zero-order valence-corrected chi connectivity index (χ0v) is 17.1. The van der Waals surface area contributed by atoms with Crippen LogP contribution in [0.4, 0.5) is 0 Å². The first-order chi connectivity index (χ1) is 12.3. The van der Waals surface area contributed by atoms with Crippen LogP contribution < -0.4 is 5.32 Å². The van der Waals surface area contributed by atoms with Crippen molar-refractivity contribution in [2.45, 2.75) is 57.0 Å². The molecule has 2 aromatic rings. The first kappa shape index (κ1) is 20.2. The number of nitrogens with one attached hydrogen (secondary N) is 1. The van der Waals surface area contributed by atoms with E-state index in [9.17, 15) is 4.79 Å². The van der Waals surface area contributed by atoms with Crippen LogP contribution in [0, 0.1) is 0 Å². The first-order valence-electron chi connectivity index (χ1n) is 8.87. The number of rotatable bonds is 7. The molecule has 1 N–H and O–H groups in total. The summed E-state index contributed by atoms with van der Waals surface area (Å²) < 4.78 is 2.00. The molecule has 0 aliphatic carbocycles. The molecule has 1 atom stereocenters. The first-order valence-corrected chi connectivity index (χ1v) is 9.75. The van der Waals surface area contributed by atoms with E-state index in [1.54, 1.807) is 0 Å². The van der Waals surface area contributed by atoms with E-state index in [0.29, 0.717) is 13.1 Å². The van der Waals surface area contributed by atoms with E-state index < -0.39 is 0 Å². The highest BCUT2D eigenvalue weighted by Crippen LogP contribution is 2.29. The minimum absolute atomic E-state index is 0.00160. The van der Waals surface area contributed by atoms with Crippen LogP contribution in [0.1, 0.15) is 40.2 Å². The zero-order valence-electron chi connectivity index (χ0n) is 16.2. The van der Waals surface area contributed by atoms with Gasteiger partial charge in [-0.05, 0) is 24.8 Å². The van der Waals surface area contributed by atoms with Crippen LogP contribution in [0.3, 0.4) is 0 Å². The van der Waals surface area contributed by atoms with E-state index in [0.717, 1.165) is 16.5 Å². The van der Waals surface area contributed by atoms with Crippen molar-refractivity contribution >= 4 is 17.7 Å². The summed E-state index contributed by atoms with van der Waals surface area (Å²) in [5.41, 5.74) is 2.39. The molecule has 0 saturated carbocycles. The van der Waals surface area contributed by atoms with E-state index in [4.69, 9.17) is 0 Å². The summed E-state index contributed by atoms with van der Waals surface area (Å²) >= 11 is 1.41. The van der Waals surface area contributed by atoms with Crippen LogP contribution in [-0.4, -0.2) is 32.5 Å². The van der Waals surface area contributed by atoms with Crippen LogP contribution in [0.5, 0.6) is 0 Å². The van der Waals surface area contributed by atoms with E-state index >= 15 is 0 Å². The van der Waals surface area contributed by atoms with E-state index in [1.807, 2.05) is 24.5 Å². The van der Waals surface area contributed by atoms with Crippen molar-refractivity contribution in [1.82, 2.24) is 20.1 Å². The number of hydrogen-bond donors (Lipinski definition) is 1. The van der Waals surface area contributed by atoms with Crippen molar-refractivity contribution in [1.29, 1.82) is 0 Å². The topological polar surface area (TPSA) is 59.8 Å². The molecule has 6 heteroatoms. The molecule has 0 radical (unpaired) electrons. The summed E-state index contributed by atoms with van der Waals surface area (Å²) in [6, 6.07) is 8.41. The van der Waals surface area contributed by atoms with Gasteiger partial charge in [-0.1, -0.05) is 62.9 Å². The van der Waals surface area contributed by atoms with Gasteiger partial charge in [0.25, 0.3) is 0 Å². The molecule has 26 heavy (non-hydrogen) atoms. The second-order valence-corrected chi connectivity index (χ2v) is 8.50. The smallest absolute Gasteiger partial charge is 0.233 e. The van der Waals surface area contributed by atoms with Crippen LogP contribution in [0.25, 0.3) is 11.4 Å². The van der Waals surface area contributed by atoms with E-state index in [2.05, 4.69) is 67.1 Å². The second-order valence-electron chi connectivity index (χ2n) is 7.19. The number of carbonyl (C=O) groups is 1. The maximum absolute atomic E-state index is 12.0. The summed E-state index contributed by atoms with van der Waals surface area (Å²) in [4.78, 5) is 12.0. The lowest BCUT2D eigenvalue weighted by molar-refractivity contribution is -0.120. The van der Waals surface area contributed by atoms with Gasteiger partial charge in [0.05, 0.1) is 5.25 Å². The van der Waals surface area contributed by atoms with Gasteiger partial charge < -0.3 is 5.32 Å². The Bertz CT molecular complexity index is 759. The molecule has 0 saturated heterocycles. The third-order valence-corrected chi connectivity index (χ3v) is 5.12. The Balaban J connectivity index is 2.31. The lowest BCUT2D eigenvalue weighted by Gasteiger charge is -2.19. The van der Waals surface area contributed by atoms with Crippen molar-refractivity contribution in [3.05, 3.63) is 42.5 Å². The summed E-state index contributed by atoms with van der Waals surface area (Å²) in [5, 5.41) is 12.0. The number of benzene rings is 1. The average Bonchev–Trinajstić information content (AvgIpc) is 2.97. The predicted molar refractivity (Wildman–Crippen MR) is 108 cm³/mol. The Morgan fingerprint density at radius 2 is 1.96 bits per heavy atom. The van der Waals surface area contributed by atoms with Gasteiger partial charge in [-0.25, -0.2) is 0 Å². The molecule has 0 spiro atoms. The van der Waals surface area contributed by atoms with Crippen LogP contribution in [0.2, 0.25) is 0 Å². The zero-order chi connectivity index (χ0) is 19.3. The monoisotopic (exact) mass is 372 g/mol. The molecule has 140 valence electrons. The number of aromatic nitrogens is 3. The third kappa shape index (κ3) is 4.75. The summed E-state index contributed by atoms with van der Waals surface area (Å²) in [5.74, 6) is 0.790. The second kappa shape index (κ2) is 8.54. The Hall–Kier alpha value is -2.08. The molecule has 0 aliphatic heterocycles. The Morgan fingerprint density at radius 3 is 2.50 bits per heavy atom. The van der Waals surface area contributed by atoms with Crippen molar-refractivity contribution in [3.63, 3.8) is 0 Å². The summed E-state index contributed by atoms with van der Waals surface area (Å²) in [6.45, 7) is 15.4. The van der Waals surface area contributed by atoms with Crippen molar-refractivity contribution < 1.29 is 4.79 Å². The molecule has 0 aliphatic rings. The van der Waals surface area contributed by atoms with Gasteiger partial charge in [-0.3, -0.25) is 9.36 Å². The molecule has 1 aromatic carbocycles. The highest BCUT2D eigenvalue weighted by atomic mass is 32.2. The highest BCUT2D eigenvalue weighted by molar-refractivity contribution is 8.00. The van der Waals surface area contributed by atoms with Crippen LogP contribution >= 0.6 is 11.8 Å². The molecular formula is C20H28N4OS. The van der Waals surface area contributed by atoms with Gasteiger partial charge in [-0.2, -0.15) is 0 Å². The van der Waals surface area contributed by atoms with Gasteiger partial charge in [-0.15, -0.1) is 16.8 Å². The third-order valence-electron chi connectivity index (χ3n) is 4.04. The molecular weight excluding hydrogens is 344 g/mol. The Morgan fingerprint density at radius 1 is 1.31 bits per heavy atom. The summed E-state index contributed by atoms with van der Waals surface area (Å²) in [7, 11) is 0. The SMILES string of the molecule is C=CCn1c(S[C@H](C)C(=O)NCC)nnc1-c1ccc(C(C)(C)C)cc1. The minimum atomic E-state index is -0.237. The molecule has 1 heterocycles. The lowest BCUT2D eigenvalue weighted by atomic mass is 9.87. The largest absolute Gasteiger partial charge is 0.355 e. The number of nitrogens with zero attached hydrogens (tertiary/aromatic N) is 3. The van der Waals surface area contributed by atoms with Gasteiger partial charge >= 0.3 is 0 Å². The number of allylic oxidation sites excluding steroid dienone is 1. The van der Waals surface area contributed by atoms with Gasteiger partial charge in [0, 0.05) is 18.7 Å². The van der Waals surface area contributed by atoms with E-state index in [-0.39, 0.29) is 16.6 Å². The van der Waals surface area contributed by atoms with Crippen molar-refractivity contribution in [2.75, 3.05) is 6.54 Å². The number of thioether (sulfide) groups is 1. The average molecular weight is 373 g/mol. The predicted octanol–water partition coefficient (Wildman–Crippen LogP) is 4.05. The molecule has 5 nitrogen and oxygen atoms in total. The maximum atomic E-state index is 12.0. The van der Waals surface area contributed by atoms with Crippen molar-refractivity contribution in [2.24, 2.45) is 0 Å². The minimum Gasteiger partial charge on any atom is -0.355 e. The van der Waals surface area contributed by atoms with Gasteiger partial charge in [0.15, 0.2) is 11.0 Å². The fourth-order valence-electron chi connectivity index (χ4n) is 2.53. The number of hydrogen-bond acceptors (Lipinski definition) is 4. The fourth-order valence-corrected chi connectivity index (χ4v) is 3.41. The van der Waals surface area contributed by atoms with Crippen LogP contribution in [-0.2, 0) is 16.8 Å². The van der Waals surface area contributed by atoms with E-state index in [1.165, 1.54) is 17.3 Å². The maximum Gasteiger partial charge on any atom is 0.233 e. The Kier molecular flexibility index (Phi) is 6.64. The van der Waals surface area contributed by atoms with Crippen molar-refractivity contribution in [3.8, 4) is 11.4 Å². The summed E-state index contributed by atoms with van der Waals surface area (Å²) in [6.07, 6.45) is 1.82. The lowest BCUT2D eigenvalue weighted by Crippen LogP contribution is -2.30. The molecule has 0 fully saturated rings. The van der Waals surface area contributed by atoms with Crippen LogP contribution in [0.15, 0.2) is 42.1 Å². The quantitative estimate of drug-likeness (QED) is 0.588. The molecule has 1 amide bonds. The fraction of sp³-hybridized carbons (Fsp3) is 0.450. The van der Waals surface area contributed by atoms with Gasteiger partial charge in [0.2, 0.25) is 5.91 Å². The highest BCUT2D eigenvalue weighted by Gasteiger charge is 2.20. The number of amides is 1. The normalized spacial score (nSPS) is 12.7.